The topological polar surface area (TPSA) is 54.4 Å². The number of nitrogens with zero attached hydrogens (tertiary/aromatic N) is 2. The van der Waals surface area contributed by atoms with Gasteiger partial charge in [-0.1, -0.05) is 23.7 Å². The number of carbonyl (C=O) groups excluding carboxylic acids is 1. The first-order valence-electron chi connectivity index (χ1n) is 6.46. The van der Waals surface area contributed by atoms with Crippen LogP contribution >= 0.6 is 11.6 Å². The average molecular weight is 298 g/mol. The van der Waals surface area contributed by atoms with Crippen molar-refractivity contribution < 1.29 is 4.79 Å². The Kier molecular flexibility index (Phi) is 3.79. The van der Waals surface area contributed by atoms with Crippen LogP contribution in [0, 0.1) is 0 Å². The number of aliphatic imine (C=N–C) groups is 1. The molecule has 5 heteroatoms. The predicted octanol–water partition coefficient (Wildman–Crippen LogP) is 2.85. The second-order valence-corrected chi connectivity index (χ2v) is 5.06. The molecular formula is C16H12ClN3O. The second-order valence-electron chi connectivity index (χ2n) is 4.63. The lowest BCUT2D eigenvalue weighted by atomic mass is 10.1. The zero-order valence-corrected chi connectivity index (χ0v) is 11.8. The van der Waals surface area contributed by atoms with E-state index in [2.05, 4.69) is 15.3 Å². The van der Waals surface area contributed by atoms with Crippen molar-refractivity contribution in [3.63, 3.8) is 0 Å². The predicted molar refractivity (Wildman–Crippen MR) is 82.9 cm³/mol. The molecule has 0 saturated carbocycles. The molecule has 1 amide bonds. The highest BCUT2D eigenvalue weighted by Crippen LogP contribution is 2.15. The van der Waals surface area contributed by atoms with Gasteiger partial charge in [-0.05, 0) is 41.5 Å². The molecule has 0 atom stereocenters. The highest BCUT2D eigenvalue weighted by Gasteiger charge is 2.19. The van der Waals surface area contributed by atoms with Crippen LogP contribution in [0.2, 0.25) is 5.02 Å². The molecule has 2 heterocycles. The molecule has 1 aromatic carbocycles. The molecule has 0 spiro atoms. The van der Waals surface area contributed by atoms with E-state index >= 15 is 0 Å². The van der Waals surface area contributed by atoms with Crippen LogP contribution in [-0.2, 0) is 11.2 Å². The Bertz CT molecular complexity index is 721. The molecular weight excluding hydrogens is 286 g/mol. The first-order valence-corrected chi connectivity index (χ1v) is 6.83. The monoisotopic (exact) mass is 297 g/mol. The van der Waals surface area contributed by atoms with E-state index in [1.54, 1.807) is 18.5 Å². The van der Waals surface area contributed by atoms with E-state index in [0.717, 1.165) is 11.1 Å². The van der Waals surface area contributed by atoms with Crippen LogP contribution in [0.1, 0.15) is 11.1 Å². The summed E-state index contributed by atoms with van der Waals surface area (Å²) in [5, 5.41) is 3.47. The van der Waals surface area contributed by atoms with Crippen molar-refractivity contribution in [2.75, 3.05) is 0 Å². The Morgan fingerprint density at radius 2 is 1.81 bits per heavy atom. The van der Waals surface area contributed by atoms with Crippen molar-refractivity contribution in [2.45, 2.75) is 6.42 Å². The van der Waals surface area contributed by atoms with Gasteiger partial charge in [0.05, 0.1) is 0 Å². The highest BCUT2D eigenvalue weighted by atomic mass is 35.5. The molecule has 0 fully saturated rings. The van der Waals surface area contributed by atoms with Gasteiger partial charge in [-0.3, -0.25) is 9.78 Å². The Balaban J connectivity index is 1.79. The maximum atomic E-state index is 11.9. The molecule has 1 N–H and O–H groups in total. The van der Waals surface area contributed by atoms with Crippen LogP contribution in [0.3, 0.4) is 0 Å². The van der Waals surface area contributed by atoms with E-state index < -0.39 is 0 Å². The van der Waals surface area contributed by atoms with Gasteiger partial charge < -0.3 is 5.32 Å². The van der Waals surface area contributed by atoms with E-state index in [0.29, 0.717) is 23.0 Å². The van der Waals surface area contributed by atoms with E-state index in [1.165, 1.54) is 0 Å². The lowest BCUT2D eigenvalue weighted by molar-refractivity contribution is -0.115. The molecule has 1 aliphatic heterocycles. The van der Waals surface area contributed by atoms with Gasteiger partial charge in [-0.2, -0.15) is 0 Å². The number of hydrogen-bond acceptors (Lipinski definition) is 3. The van der Waals surface area contributed by atoms with Crippen molar-refractivity contribution in [1.82, 2.24) is 10.3 Å². The zero-order valence-electron chi connectivity index (χ0n) is 11.1. The third-order valence-corrected chi connectivity index (χ3v) is 3.29. The average Bonchev–Trinajstić information content (AvgIpc) is 2.82. The summed E-state index contributed by atoms with van der Waals surface area (Å²) in [6, 6.07) is 11.1. The van der Waals surface area contributed by atoms with Crippen molar-refractivity contribution >= 4 is 29.4 Å². The third-order valence-electron chi connectivity index (χ3n) is 3.04. The summed E-state index contributed by atoms with van der Waals surface area (Å²) in [6.45, 7) is 0. The van der Waals surface area contributed by atoms with Gasteiger partial charge in [-0.25, -0.2) is 4.99 Å². The van der Waals surface area contributed by atoms with Gasteiger partial charge in [0.25, 0.3) is 5.91 Å². The minimum atomic E-state index is -0.184. The van der Waals surface area contributed by atoms with Crippen LogP contribution in [0.4, 0.5) is 0 Å². The van der Waals surface area contributed by atoms with Gasteiger partial charge in [0.1, 0.15) is 11.5 Å². The Hall–Kier alpha value is -2.46. The van der Waals surface area contributed by atoms with Gasteiger partial charge in [-0.15, -0.1) is 0 Å². The van der Waals surface area contributed by atoms with Crippen LogP contribution in [0.15, 0.2) is 59.5 Å². The van der Waals surface area contributed by atoms with E-state index in [9.17, 15) is 4.79 Å². The van der Waals surface area contributed by atoms with Crippen molar-refractivity contribution in [2.24, 2.45) is 4.99 Å². The fraction of sp³-hybridized carbons (Fsp3) is 0.0625. The van der Waals surface area contributed by atoms with Gasteiger partial charge >= 0.3 is 0 Å². The molecule has 0 unspecified atom stereocenters. The lowest BCUT2D eigenvalue weighted by Crippen LogP contribution is -2.25. The summed E-state index contributed by atoms with van der Waals surface area (Å²) in [7, 11) is 0. The maximum Gasteiger partial charge on any atom is 0.275 e. The molecule has 0 aliphatic carbocycles. The summed E-state index contributed by atoms with van der Waals surface area (Å²) in [6.07, 6.45) is 5.66. The quantitative estimate of drug-likeness (QED) is 0.886. The summed E-state index contributed by atoms with van der Waals surface area (Å²) in [4.78, 5) is 20.2. The number of pyridine rings is 1. The largest absolute Gasteiger partial charge is 0.308 e. The summed E-state index contributed by atoms with van der Waals surface area (Å²) >= 11 is 5.85. The number of amides is 1. The number of amidine groups is 1. The second kappa shape index (κ2) is 5.89. The first-order chi connectivity index (χ1) is 10.2. The molecule has 21 heavy (non-hydrogen) atoms. The van der Waals surface area contributed by atoms with Crippen molar-refractivity contribution in [1.29, 1.82) is 0 Å². The number of aromatic nitrogens is 1. The van der Waals surface area contributed by atoms with Crippen LogP contribution in [0.5, 0.6) is 0 Å². The fourth-order valence-corrected chi connectivity index (χ4v) is 2.14. The summed E-state index contributed by atoms with van der Waals surface area (Å²) < 4.78 is 0. The van der Waals surface area contributed by atoms with Crippen LogP contribution in [0.25, 0.3) is 6.08 Å². The van der Waals surface area contributed by atoms with Gasteiger partial charge in [0, 0.05) is 23.8 Å². The smallest absolute Gasteiger partial charge is 0.275 e. The molecule has 0 radical (unpaired) electrons. The SMILES string of the molecule is O=C1NC(Cc2ccc(Cl)cc2)=N/C1=C/c1ccncc1. The molecule has 2 aromatic rings. The maximum absolute atomic E-state index is 11.9. The number of halogens is 1. The molecule has 1 aromatic heterocycles. The normalized spacial score (nSPS) is 16.0. The number of rotatable bonds is 3. The Labute approximate surface area is 127 Å². The third kappa shape index (κ3) is 3.35. The molecule has 0 saturated heterocycles. The molecule has 3 rings (SSSR count). The minimum Gasteiger partial charge on any atom is -0.308 e. The van der Waals surface area contributed by atoms with Crippen molar-refractivity contribution in [3.05, 3.63) is 70.6 Å². The fourth-order valence-electron chi connectivity index (χ4n) is 2.01. The van der Waals surface area contributed by atoms with Gasteiger partial charge in [0.2, 0.25) is 0 Å². The lowest BCUT2D eigenvalue weighted by Gasteiger charge is -2.00. The molecule has 4 nitrogen and oxygen atoms in total. The summed E-state index contributed by atoms with van der Waals surface area (Å²) in [5.74, 6) is 0.457. The minimum absolute atomic E-state index is 0.184. The number of nitrogens with one attached hydrogen (secondary N) is 1. The number of hydrogen-bond donors (Lipinski definition) is 1. The van der Waals surface area contributed by atoms with E-state index in [4.69, 9.17) is 11.6 Å². The standard InChI is InChI=1S/C16H12ClN3O/c17-13-3-1-11(2-4-13)10-15-19-14(16(21)20-15)9-12-5-7-18-8-6-12/h1-9H,10H2,(H,19,20,21)/b14-9+. The van der Waals surface area contributed by atoms with E-state index in [-0.39, 0.29) is 5.91 Å². The van der Waals surface area contributed by atoms with E-state index in [1.807, 2.05) is 36.4 Å². The van der Waals surface area contributed by atoms with Crippen molar-refractivity contribution in [3.8, 4) is 0 Å². The van der Waals surface area contributed by atoms with Crippen LogP contribution in [-0.4, -0.2) is 16.7 Å². The number of carbonyl (C=O) groups is 1. The molecule has 0 bridgehead atoms. The number of benzene rings is 1. The highest BCUT2D eigenvalue weighted by molar-refractivity contribution is 6.30. The van der Waals surface area contributed by atoms with Gasteiger partial charge in [0.15, 0.2) is 0 Å². The Morgan fingerprint density at radius 3 is 2.52 bits per heavy atom. The zero-order chi connectivity index (χ0) is 14.7. The molecule has 104 valence electrons. The summed E-state index contributed by atoms with van der Waals surface area (Å²) in [5.41, 5.74) is 2.35. The Morgan fingerprint density at radius 1 is 1.10 bits per heavy atom. The molecule has 1 aliphatic rings. The van der Waals surface area contributed by atoms with Crippen LogP contribution < -0.4 is 5.32 Å². The first kappa shape index (κ1) is 13.5.